The van der Waals surface area contributed by atoms with Gasteiger partial charge in [0.15, 0.2) is 0 Å². The van der Waals surface area contributed by atoms with Gasteiger partial charge in [0.25, 0.3) is 11.6 Å². The highest BCUT2D eigenvalue weighted by molar-refractivity contribution is 6.05. The van der Waals surface area contributed by atoms with Crippen molar-refractivity contribution in [3.05, 3.63) is 100 Å². The lowest BCUT2D eigenvalue weighted by Crippen LogP contribution is -2.12. The third-order valence-corrected chi connectivity index (χ3v) is 4.39. The molecule has 0 heterocycles. The predicted octanol–water partition coefficient (Wildman–Crippen LogP) is 4.90. The first-order valence-electron chi connectivity index (χ1n) is 9.83. The zero-order valence-corrected chi connectivity index (χ0v) is 17.3. The number of hydrogen-bond acceptors (Lipinski definition) is 5. The largest absolute Gasteiger partial charge is 0.494 e. The highest BCUT2D eigenvalue weighted by Crippen LogP contribution is 2.20. The average molecular weight is 431 g/mol. The van der Waals surface area contributed by atoms with Gasteiger partial charge in [-0.1, -0.05) is 12.1 Å². The fourth-order valence-corrected chi connectivity index (χ4v) is 2.85. The molecule has 0 unspecified atom stereocenters. The van der Waals surface area contributed by atoms with Crippen molar-refractivity contribution in [2.24, 2.45) is 0 Å². The number of benzene rings is 3. The minimum Gasteiger partial charge on any atom is -0.494 e. The molecule has 8 nitrogen and oxygen atoms in total. The second kappa shape index (κ2) is 10.5. The number of carbonyl (C=O) groups excluding carboxylic acids is 2. The minimum absolute atomic E-state index is 0.0838. The molecule has 32 heavy (non-hydrogen) atoms. The van der Waals surface area contributed by atoms with Gasteiger partial charge in [-0.15, -0.1) is 0 Å². The number of nitrogens with one attached hydrogen (secondary N) is 2. The smallest absolute Gasteiger partial charge is 0.276 e. The summed E-state index contributed by atoms with van der Waals surface area (Å²) in [7, 11) is 0. The van der Waals surface area contributed by atoms with Crippen molar-refractivity contribution in [1.82, 2.24) is 0 Å². The van der Waals surface area contributed by atoms with Gasteiger partial charge in [-0.25, -0.2) is 0 Å². The third kappa shape index (κ3) is 6.02. The molecule has 162 valence electrons. The topological polar surface area (TPSA) is 111 Å². The van der Waals surface area contributed by atoms with Crippen LogP contribution >= 0.6 is 0 Å². The van der Waals surface area contributed by atoms with E-state index in [0.29, 0.717) is 29.1 Å². The van der Waals surface area contributed by atoms with Crippen LogP contribution in [-0.2, 0) is 4.79 Å². The van der Waals surface area contributed by atoms with Gasteiger partial charge >= 0.3 is 0 Å². The number of amides is 2. The number of nitro benzene ring substituents is 1. The van der Waals surface area contributed by atoms with E-state index in [1.165, 1.54) is 18.2 Å². The van der Waals surface area contributed by atoms with Crippen LogP contribution in [0.25, 0.3) is 6.08 Å². The zero-order chi connectivity index (χ0) is 22.9. The summed E-state index contributed by atoms with van der Waals surface area (Å²) in [5.41, 5.74) is 1.79. The maximum Gasteiger partial charge on any atom is 0.276 e. The number of rotatable bonds is 8. The summed E-state index contributed by atoms with van der Waals surface area (Å²) in [5.74, 6) is -0.0143. The Morgan fingerprint density at radius 2 is 1.56 bits per heavy atom. The van der Waals surface area contributed by atoms with E-state index < -0.39 is 10.8 Å². The molecule has 3 rings (SSSR count). The van der Waals surface area contributed by atoms with E-state index in [1.54, 1.807) is 66.7 Å². The molecule has 8 heteroatoms. The van der Waals surface area contributed by atoms with Gasteiger partial charge in [-0.05, 0) is 67.6 Å². The van der Waals surface area contributed by atoms with E-state index in [1.807, 2.05) is 6.92 Å². The Balaban J connectivity index is 1.58. The standard InChI is InChI=1S/C24H21N3O5/c1-2-32-21-14-12-20(13-15-21)26-24(29)18-7-10-19(11-8-18)25-23(28)16-9-17-5-3-4-6-22(17)27(30)31/h3-16H,2H2,1H3,(H,25,28)(H,26,29)/b16-9+. The second-order valence-electron chi connectivity index (χ2n) is 6.63. The van der Waals surface area contributed by atoms with Gasteiger partial charge in [-0.2, -0.15) is 0 Å². The number of nitrogens with zero attached hydrogens (tertiary/aromatic N) is 1. The number of ether oxygens (including phenoxy) is 1. The van der Waals surface area contributed by atoms with Gasteiger partial charge in [0, 0.05) is 29.1 Å². The fraction of sp³-hybridized carbons (Fsp3) is 0.0833. The van der Waals surface area contributed by atoms with Crippen LogP contribution in [-0.4, -0.2) is 23.3 Å². The highest BCUT2D eigenvalue weighted by Gasteiger charge is 2.10. The molecule has 0 aliphatic carbocycles. The molecular weight excluding hydrogens is 410 g/mol. The number of nitro groups is 1. The fourth-order valence-electron chi connectivity index (χ4n) is 2.85. The first-order valence-corrected chi connectivity index (χ1v) is 9.83. The molecule has 3 aromatic carbocycles. The molecule has 0 bridgehead atoms. The van der Waals surface area contributed by atoms with Crippen LogP contribution in [0.1, 0.15) is 22.8 Å². The molecule has 0 aromatic heterocycles. The third-order valence-electron chi connectivity index (χ3n) is 4.39. The number of hydrogen-bond donors (Lipinski definition) is 2. The molecule has 0 fully saturated rings. The summed E-state index contributed by atoms with van der Waals surface area (Å²) in [6, 6.07) is 19.6. The first kappa shape index (κ1) is 22.2. The number of para-hydroxylation sites is 1. The molecular formula is C24H21N3O5. The Labute approximate surface area is 184 Å². The molecule has 0 atom stereocenters. The highest BCUT2D eigenvalue weighted by atomic mass is 16.6. The van der Waals surface area contributed by atoms with Gasteiger partial charge < -0.3 is 15.4 Å². The van der Waals surface area contributed by atoms with Crippen LogP contribution in [0.3, 0.4) is 0 Å². The lowest BCUT2D eigenvalue weighted by molar-refractivity contribution is -0.385. The molecule has 2 N–H and O–H groups in total. The van der Waals surface area contributed by atoms with Gasteiger partial charge in [0.2, 0.25) is 5.91 Å². The second-order valence-corrected chi connectivity index (χ2v) is 6.63. The molecule has 0 spiro atoms. The monoisotopic (exact) mass is 431 g/mol. The first-order chi connectivity index (χ1) is 15.5. The molecule has 0 aliphatic heterocycles. The van der Waals surface area contributed by atoms with E-state index in [9.17, 15) is 19.7 Å². The van der Waals surface area contributed by atoms with Crippen LogP contribution in [0.5, 0.6) is 5.75 Å². The van der Waals surface area contributed by atoms with Gasteiger partial charge in [0.1, 0.15) is 5.75 Å². The van der Waals surface area contributed by atoms with Crippen LogP contribution in [0.2, 0.25) is 0 Å². The quantitative estimate of drug-likeness (QED) is 0.299. The molecule has 0 saturated heterocycles. The van der Waals surface area contributed by atoms with Crippen LogP contribution < -0.4 is 15.4 Å². The summed E-state index contributed by atoms with van der Waals surface area (Å²) in [6.07, 6.45) is 2.60. The molecule has 0 radical (unpaired) electrons. The normalized spacial score (nSPS) is 10.5. The van der Waals surface area contributed by atoms with E-state index in [-0.39, 0.29) is 11.6 Å². The summed E-state index contributed by atoms with van der Waals surface area (Å²) < 4.78 is 5.37. The SMILES string of the molecule is CCOc1ccc(NC(=O)c2ccc(NC(=O)/C=C/c3ccccc3[N+](=O)[O-])cc2)cc1. The van der Waals surface area contributed by atoms with E-state index in [2.05, 4.69) is 10.6 Å². The van der Waals surface area contributed by atoms with Crippen LogP contribution in [0, 0.1) is 10.1 Å². The number of carbonyl (C=O) groups is 2. The lowest BCUT2D eigenvalue weighted by atomic mass is 10.1. The summed E-state index contributed by atoms with van der Waals surface area (Å²) in [6.45, 7) is 2.46. The molecule has 2 amide bonds. The summed E-state index contributed by atoms with van der Waals surface area (Å²) >= 11 is 0. The Morgan fingerprint density at radius 3 is 2.22 bits per heavy atom. The van der Waals surface area contributed by atoms with Crippen molar-refractivity contribution in [2.45, 2.75) is 6.92 Å². The van der Waals surface area contributed by atoms with E-state index in [4.69, 9.17) is 4.74 Å². The van der Waals surface area contributed by atoms with Crippen molar-refractivity contribution in [3.8, 4) is 5.75 Å². The zero-order valence-electron chi connectivity index (χ0n) is 17.3. The predicted molar refractivity (Wildman–Crippen MR) is 123 cm³/mol. The summed E-state index contributed by atoms with van der Waals surface area (Å²) in [5, 5.41) is 16.5. The van der Waals surface area contributed by atoms with Crippen LogP contribution in [0.4, 0.5) is 17.1 Å². The molecule has 3 aromatic rings. The maximum absolute atomic E-state index is 12.4. The average Bonchev–Trinajstić information content (AvgIpc) is 2.80. The van der Waals surface area contributed by atoms with Crippen molar-refractivity contribution in [2.75, 3.05) is 17.2 Å². The Hall–Kier alpha value is -4.46. The summed E-state index contributed by atoms with van der Waals surface area (Å²) in [4.78, 5) is 35.1. The number of anilines is 2. The van der Waals surface area contributed by atoms with E-state index >= 15 is 0 Å². The Bertz CT molecular complexity index is 1140. The molecule has 0 aliphatic rings. The van der Waals surface area contributed by atoms with Crippen LogP contribution in [0.15, 0.2) is 78.9 Å². The van der Waals surface area contributed by atoms with Crippen molar-refractivity contribution >= 4 is 35.0 Å². The lowest BCUT2D eigenvalue weighted by Gasteiger charge is -2.08. The van der Waals surface area contributed by atoms with E-state index in [0.717, 1.165) is 5.75 Å². The van der Waals surface area contributed by atoms with Gasteiger partial charge in [0.05, 0.1) is 17.1 Å². The van der Waals surface area contributed by atoms with Crippen molar-refractivity contribution < 1.29 is 19.2 Å². The Kier molecular flexibility index (Phi) is 7.32. The Morgan fingerprint density at radius 1 is 0.938 bits per heavy atom. The van der Waals surface area contributed by atoms with Crippen molar-refractivity contribution in [1.29, 1.82) is 0 Å². The maximum atomic E-state index is 12.4. The van der Waals surface area contributed by atoms with Crippen molar-refractivity contribution in [3.63, 3.8) is 0 Å². The molecule has 0 saturated carbocycles. The minimum atomic E-state index is -0.505. The van der Waals surface area contributed by atoms with Gasteiger partial charge in [-0.3, -0.25) is 19.7 Å².